The van der Waals surface area contributed by atoms with Crippen LogP contribution >= 0.6 is 11.8 Å². The zero-order valence-electron chi connectivity index (χ0n) is 16.7. The lowest BCUT2D eigenvalue weighted by atomic mass is 10.2. The van der Waals surface area contributed by atoms with Gasteiger partial charge in [0.05, 0.1) is 22.7 Å². The Bertz CT molecular complexity index is 662. The van der Waals surface area contributed by atoms with Crippen LogP contribution in [0.1, 0.15) is 0 Å². The van der Waals surface area contributed by atoms with Gasteiger partial charge in [-0.3, -0.25) is 0 Å². The van der Waals surface area contributed by atoms with Crippen LogP contribution in [-0.4, -0.2) is 56.4 Å². The molecule has 136 valence electrons. The smallest absolute Gasteiger partial charge is 0.0740 e. The van der Waals surface area contributed by atoms with Crippen molar-refractivity contribution in [1.82, 2.24) is 0 Å². The fourth-order valence-electron chi connectivity index (χ4n) is 2.93. The second-order valence-electron chi connectivity index (χ2n) is 6.93. The molecule has 2 rings (SSSR count). The van der Waals surface area contributed by atoms with Crippen LogP contribution in [0.15, 0.2) is 46.2 Å². The Hall–Kier alpha value is -2.01. The van der Waals surface area contributed by atoms with Crippen molar-refractivity contribution >= 4 is 34.5 Å². The first-order valence-electron chi connectivity index (χ1n) is 8.37. The Kier molecular flexibility index (Phi) is 6.11. The van der Waals surface area contributed by atoms with E-state index in [0.29, 0.717) is 0 Å². The Morgan fingerprint density at radius 2 is 0.880 bits per heavy atom. The highest BCUT2D eigenvalue weighted by atomic mass is 32.2. The zero-order valence-corrected chi connectivity index (χ0v) is 17.5. The highest BCUT2D eigenvalue weighted by molar-refractivity contribution is 7.99. The van der Waals surface area contributed by atoms with Gasteiger partial charge < -0.3 is 19.6 Å². The lowest BCUT2D eigenvalue weighted by Crippen LogP contribution is -2.18. The maximum absolute atomic E-state index is 2.20. The molecule has 0 spiro atoms. The monoisotopic (exact) mass is 358 g/mol. The van der Waals surface area contributed by atoms with E-state index in [9.17, 15) is 0 Å². The maximum atomic E-state index is 2.20. The van der Waals surface area contributed by atoms with Gasteiger partial charge in [0.25, 0.3) is 0 Å². The fraction of sp³-hybridized carbons (Fsp3) is 0.400. The summed E-state index contributed by atoms with van der Waals surface area (Å²) in [6.45, 7) is 0. The van der Waals surface area contributed by atoms with Gasteiger partial charge >= 0.3 is 0 Å². The highest BCUT2D eigenvalue weighted by Crippen LogP contribution is 2.45. The molecule has 0 radical (unpaired) electrons. The number of nitrogens with zero attached hydrogens (tertiary/aromatic N) is 4. The van der Waals surface area contributed by atoms with Gasteiger partial charge in [-0.15, -0.1) is 0 Å². The molecule has 0 aliphatic rings. The summed E-state index contributed by atoms with van der Waals surface area (Å²) in [6, 6.07) is 13.0. The quantitative estimate of drug-likeness (QED) is 0.769. The van der Waals surface area contributed by atoms with Gasteiger partial charge in [0.15, 0.2) is 0 Å². The summed E-state index contributed by atoms with van der Waals surface area (Å²) in [5.41, 5.74) is 4.95. The minimum Gasteiger partial charge on any atom is -0.376 e. The van der Waals surface area contributed by atoms with Crippen LogP contribution < -0.4 is 19.6 Å². The summed E-state index contributed by atoms with van der Waals surface area (Å²) in [7, 11) is 16.8. The Morgan fingerprint density at radius 1 is 0.520 bits per heavy atom. The molecule has 0 N–H and O–H groups in total. The molecule has 0 aliphatic carbocycles. The number of benzene rings is 2. The molecule has 0 heterocycles. The summed E-state index contributed by atoms with van der Waals surface area (Å²) in [4.78, 5) is 11.3. The van der Waals surface area contributed by atoms with Crippen LogP contribution in [0.3, 0.4) is 0 Å². The lowest BCUT2D eigenvalue weighted by molar-refractivity contribution is 1.04. The van der Waals surface area contributed by atoms with Crippen molar-refractivity contribution in [3.63, 3.8) is 0 Å². The van der Waals surface area contributed by atoms with Crippen molar-refractivity contribution in [3.8, 4) is 0 Å². The van der Waals surface area contributed by atoms with Gasteiger partial charge in [-0.05, 0) is 24.3 Å². The van der Waals surface area contributed by atoms with Crippen molar-refractivity contribution in [1.29, 1.82) is 0 Å². The Morgan fingerprint density at radius 3 is 1.16 bits per heavy atom. The highest BCUT2D eigenvalue weighted by Gasteiger charge is 2.17. The van der Waals surface area contributed by atoms with Crippen LogP contribution in [0.5, 0.6) is 0 Å². The van der Waals surface area contributed by atoms with E-state index in [4.69, 9.17) is 0 Å². The molecule has 0 bridgehead atoms. The molecule has 0 aliphatic heterocycles. The first kappa shape index (κ1) is 19.3. The number of anilines is 4. The predicted octanol–water partition coefficient (Wildman–Crippen LogP) is 4.10. The number of rotatable bonds is 6. The SMILES string of the molecule is CN(C)c1cccc(Sc2cccc(N(C)C)c2N(C)C)c1N(C)C. The molecule has 0 aromatic heterocycles. The van der Waals surface area contributed by atoms with E-state index >= 15 is 0 Å². The molecule has 0 amide bonds. The number of para-hydroxylation sites is 2. The molecule has 5 heteroatoms. The van der Waals surface area contributed by atoms with Crippen LogP contribution in [0, 0.1) is 0 Å². The minimum atomic E-state index is 1.23. The van der Waals surface area contributed by atoms with E-state index < -0.39 is 0 Å². The van der Waals surface area contributed by atoms with Gasteiger partial charge in [-0.2, -0.15) is 0 Å². The van der Waals surface area contributed by atoms with E-state index in [1.807, 2.05) is 11.8 Å². The maximum Gasteiger partial charge on any atom is 0.0740 e. The Balaban J connectivity index is 2.58. The molecular formula is C20H30N4S. The lowest BCUT2D eigenvalue weighted by Gasteiger charge is -2.27. The standard InChI is InChI=1S/C20H30N4S/c1-21(2)15-11-9-13-17(19(15)23(5)6)25-18-14-10-12-16(22(3)4)20(18)24(7)8/h9-14H,1-8H3. The van der Waals surface area contributed by atoms with Crippen molar-refractivity contribution < 1.29 is 0 Å². The molecule has 4 nitrogen and oxygen atoms in total. The van der Waals surface area contributed by atoms with Gasteiger partial charge in [0, 0.05) is 66.2 Å². The van der Waals surface area contributed by atoms with Crippen LogP contribution in [-0.2, 0) is 0 Å². The predicted molar refractivity (Wildman–Crippen MR) is 114 cm³/mol. The van der Waals surface area contributed by atoms with Crippen molar-refractivity contribution in [2.45, 2.75) is 9.79 Å². The number of hydrogen-bond donors (Lipinski definition) is 0. The average molecular weight is 359 g/mol. The molecule has 0 atom stereocenters. The second kappa shape index (κ2) is 7.91. The molecule has 2 aromatic carbocycles. The first-order valence-corrected chi connectivity index (χ1v) is 9.18. The summed E-state index contributed by atoms with van der Waals surface area (Å²) < 4.78 is 0. The van der Waals surface area contributed by atoms with E-state index in [1.165, 1.54) is 32.5 Å². The molecule has 2 aromatic rings. The summed E-state index contributed by atoms with van der Waals surface area (Å²) in [5, 5.41) is 0. The minimum absolute atomic E-state index is 1.23. The van der Waals surface area contributed by atoms with E-state index in [0.717, 1.165) is 0 Å². The first-order chi connectivity index (χ1) is 11.7. The zero-order chi connectivity index (χ0) is 18.7. The third kappa shape index (κ3) is 4.15. The normalized spacial score (nSPS) is 10.6. The molecule has 25 heavy (non-hydrogen) atoms. The fourth-order valence-corrected chi connectivity index (χ4v) is 4.22. The second-order valence-corrected chi connectivity index (χ2v) is 8.01. The molecule has 0 saturated carbocycles. The molecule has 0 unspecified atom stereocenters. The van der Waals surface area contributed by atoms with Crippen LogP contribution in [0.25, 0.3) is 0 Å². The van der Waals surface area contributed by atoms with E-state index in [2.05, 4.69) is 112 Å². The van der Waals surface area contributed by atoms with Gasteiger partial charge in [-0.1, -0.05) is 23.9 Å². The Labute approximate surface area is 157 Å². The average Bonchev–Trinajstić information content (AvgIpc) is 2.53. The van der Waals surface area contributed by atoms with Crippen molar-refractivity contribution in [3.05, 3.63) is 36.4 Å². The van der Waals surface area contributed by atoms with E-state index in [1.54, 1.807) is 0 Å². The molecule has 0 saturated heterocycles. The van der Waals surface area contributed by atoms with Crippen molar-refractivity contribution in [2.75, 3.05) is 76.0 Å². The van der Waals surface area contributed by atoms with Crippen molar-refractivity contribution in [2.24, 2.45) is 0 Å². The van der Waals surface area contributed by atoms with Gasteiger partial charge in [0.2, 0.25) is 0 Å². The molecule has 0 fully saturated rings. The molecular weight excluding hydrogens is 328 g/mol. The summed E-state index contributed by atoms with van der Waals surface area (Å²) in [6.07, 6.45) is 0. The largest absolute Gasteiger partial charge is 0.376 e. The third-order valence-corrected chi connectivity index (χ3v) is 5.13. The third-order valence-electron chi connectivity index (χ3n) is 4.03. The van der Waals surface area contributed by atoms with Crippen LogP contribution in [0.2, 0.25) is 0 Å². The number of hydrogen-bond acceptors (Lipinski definition) is 5. The summed E-state index contributed by atoms with van der Waals surface area (Å²) in [5.74, 6) is 0. The topological polar surface area (TPSA) is 13.0 Å². The van der Waals surface area contributed by atoms with E-state index in [-0.39, 0.29) is 0 Å². The summed E-state index contributed by atoms with van der Waals surface area (Å²) >= 11 is 1.82. The van der Waals surface area contributed by atoms with Gasteiger partial charge in [0.1, 0.15) is 0 Å². The van der Waals surface area contributed by atoms with Crippen LogP contribution in [0.4, 0.5) is 22.7 Å². The van der Waals surface area contributed by atoms with Gasteiger partial charge in [-0.25, -0.2) is 0 Å².